The van der Waals surface area contributed by atoms with E-state index in [1.807, 2.05) is 24.4 Å². The first kappa shape index (κ1) is 13.1. The van der Waals surface area contributed by atoms with Gasteiger partial charge in [0.2, 0.25) is 0 Å². The molecular formula is C13H12N4OS2. The number of thioether (sulfide) groups is 1. The standard InChI is InChI=1S/C13H12N4OS2/c1-8-6-20-13-16-10(4-12(18)17(8)13)7-19-11-3-2-9(14)5-15-11/h2-6H,7,14H2,1H3. The number of nitrogens with zero attached hydrogens (tertiary/aromatic N) is 3. The maximum atomic E-state index is 12.0. The van der Waals surface area contributed by atoms with Gasteiger partial charge in [-0.05, 0) is 19.1 Å². The number of nitrogen functional groups attached to an aromatic ring is 1. The molecular weight excluding hydrogens is 292 g/mol. The zero-order valence-corrected chi connectivity index (χ0v) is 12.4. The molecule has 0 aliphatic rings. The fourth-order valence-electron chi connectivity index (χ4n) is 1.80. The molecule has 3 heterocycles. The lowest BCUT2D eigenvalue weighted by Gasteiger charge is -2.02. The number of hydrogen-bond donors (Lipinski definition) is 1. The Balaban J connectivity index is 1.84. The van der Waals surface area contributed by atoms with Crippen molar-refractivity contribution in [2.24, 2.45) is 0 Å². The summed E-state index contributed by atoms with van der Waals surface area (Å²) < 4.78 is 1.63. The number of fused-ring (bicyclic) bond motifs is 1. The lowest BCUT2D eigenvalue weighted by Crippen LogP contribution is -2.14. The van der Waals surface area contributed by atoms with E-state index in [-0.39, 0.29) is 5.56 Å². The van der Waals surface area contributed by atoms with Crippen LogP contribution in [-0.4, -0.2) is 14.4 Å². The molecule has 3 aromatic rings. The quantitative estimate of drug-likeness (QED) is 0.752. The number of rotatable bonds is 3. The largest absolute Gasteiger partial charge is 0.397 e. The van der Waals surface area contributed by atoms with Crippen molar-refractivity contribution < 1.29 is 0 Å². The van der Waals surface area contributed by atoms with Crippen LogP contribution in [0.2, 0.25) is 0 Å². The number of pyridine rings is 1. The Hall–Kier alpha value is -1.86. The van der Waals surface area contributed by atoms with Gasteiger partial charge in [-0.3, -0.25) is 9.20 Å². The van der Waals surface area contributed by atoms with E-state index in [0.29, 0.717) is 11.4 Å². The molecule has 0 aliphatic heterocycles. The summed E-state index contributed by atoms with van der Waals surface area (Å²) >= 11 is 3.01. The van der Waals surface area contributed by atoms with Crippen LogP contribution in [0.15, 0.2) is 39.6 Å². The van der Waals surface area contributed by atoms with Crippen LogP contribution >= 0.6 is 23.1 Å². The SMILES string of the molecule is Cc1csc2nc(CSc3ccc(N)cn3)cc(=O)n12. The highest BCUT2D eigenvalue weighted by Crippen LogP contribution is 2.21. The first-order valence-electron chi connectivity index (χ1n) is 5.94. The van der Waals surface area contributed by atoms with Gasteiger partial charge in [-0.15, -0.1) is 23.1 Å². The predicted octanol–water partition coefficient (Wildman–Crippen LogP) is 2.33. The van der Waals surface area contributed by atoms with Crippen LogP contribution in [0.5, 0.6) is 0 Å². The number of aromatic nitrogens is 3. The summed E-state index contributed by atoms with van der Waals surface area (Å²) in [5.41, 5.74) is 7.88. The van der Waals surface area contributed by atoms with Gasteiger partial charge < -0.3 is 5.73 Å². The highest BCUT2D eigenvalue weighted by molar-refractivity contribution is 7.98. The van der Waals surface area contributed by atoms with Gasteiger partial charge in [-0.1, -0.05) is 0 Å². The molecule has 0 bridgehead atoms. The van der Waals surface area contributed by atoms with E-state index in [1.165, 1.54) is 23.1 Å². The molecule has 0 aromatic carbocycles. The molecule has 0 radical (unpaired) electrons. The van der Waals surface area contributed by atoms with Crippen molar-refractivity contribution in [2.45, 2.75) is 17.7 Å². The van der Waals surface area contributed by atoms with E-state index >= 15 is 0 Å². The van der Waals surface area contributed by atoms with Crippen molar-refractivity contribution in [1.82, 2.24) is 14.4 Å². The third-order valence-corrected chi connectivity index (χ3v) is 4.68. The molecule has 7 heteroatoms. The fraction of sp³-hybridized carbons (Fsp3) is 0.154. The summed E-state index contributed by atoms with van der Waals surface area (Å²) in [5.74, 6) is 0.611. The average Bonchev–Trinajstić information content (AvgIpc) is 2.80. The van der Waals surface area contributed by atoms with E-state index in [0.717, 1.165) is 21.4 Å². The lowest BCUT2D eigenvalue weighted by molar-refractivity contribution is 0.996. The minimum atomic E-state index is -0.0328. The highest BCUT2D eigenvalue weighted by Gasteiger charge is 2.07. The van der Waals surface area contributed by atoms with Gasteiger partial charge in [0.15, 0.2) is 4.96 Å². The zero-order chi connectivity index (χ0) is 14.1. The molecule has 0 unspecified atom stereocenters. The Morgan fingerprint density at radius 3 is 3.05 bits per heavy atom. The van der Waals surface area contributed by atoms with Gasteiger partial charge in [-0.2, -0.15) is 0 Å². The van der Waals surface area contributed by atoms with Crippen LogP contribution < -0.4 is 11.3 Å². The van der Waals surface area contributed by atoms with E-state index < -0.39 is 0 Å². The Bertz CT molecular complexity index is 807. The Labute approximate surface area is 123 Å². The molecule has 0 aliphatic carbocycles. The smallest absolute Gasteiger partial charge is 0.258 e. The lowest BCUT2D eigenvalue weighted by atomic mass is 10.4. The molecule has 0 spiro atoms. The van der Waals surface area contributed by atoms with Gasteiger partial charge in [0.1, 0.15) is 0 Å². The average molecular weight is 304 g/mol. The monoisotopic (exact) mass is 304 g/mol. The van der Waals surface area contributed by atoms with Gasteiger partial charge in [0, 0.05) is 22.9 Å². The third kappa shape index (κ3) is 2.54. The van der Waals surface area contributed by atoms with Gasteiger partial charge in [-0.25, -0.2) is 9.97 Å². The van der Waals surface area contributed by atoms with E-state index in [9.17, 15) is 4.79 Å². The topological polar surface area (TPSA) is 73.3 Å². The summed E-state index contributed by atoms with van der Waals surface area (Å²) in [4.78, 5) is 21.5. The summed E-state index contributed by atoms with van der Waals surface area (Å²) in [6.45, 7) is 1.90. The van der Waals surface area contributed by atoms with Crippen LogP contribution in [0.3, 0.4) is 0 Å². The van der Waals surface area contributed by atoms with E-state index in [2.05, 4.69) is 9.97 Å². The molecule has 3 aromatic heterocycles. The summed E-state index contributed by atoms with van der Waals surface area (Å²) in [6.07, 6.45) is 1.62. The van der Waals surface area contributed by atoms with Gasteiger partial charge >= 0.3 is 0 Å². The van der Waals surface area contributed by atoms with E-state index in [1.54, 1.807) is 16.7 Å². The summed E-state index contributed by atoms with van der Waals surface area (Å²) in [7, 11) is 0. The molecule has 20 heavy (non-hydrogen) atoms. The molecule has 3 rings (SSSR count). The van der Waals surface area contributed by atoms with Crippen molar-refractivity contribution in [2.75, 3.05) is 5.73 Å². The van der Waals surface area contributed by atoms with Crippen molar-refractivity contribution >= 4 is 33.7 Å². The van der Waals surface area contributed by atoms with Crippen molar-refractivity contribution in [3.05, 3.63) is 51.5 Å². The Morgan fingerprint density at radius 1 is 1.45 bits per heavy atom. The third-order valence-electron chi connectivity index (χ3n) is 2.76. The second-order valence-electron chi connectivity index (χ2n) is 4.30. The number of hydrogen-bond acceptors (Lipinski definition) is 6. The zero-order valence-electron chi connectivity index (χ0n) is 10.7. The molecule has 0 saturated carbocycles. The molecule has 5 nitrogen and oxygen atoms in total. The highest BCUT2D eigenvalue weighted by atomic mass is 32.2. The first-order chi connectivity index (χ1) is 9.63. The second-order valence-corrected chi connectivity index (χ2v) is 6.13. The summed E-state index contributed by atoms with van der Waals surface area (Å²) in [6, 6.07) is 5.25. The molecule has 0 atom stereocenters. The fourth-order valence-corrected chi connectivity index (χ4v) is 3.43. The molecule has 2 N–H and O–H groups in total. The predicted molar refractivity (Wildman–Crippen MR) is 82.3 cm³/mol. The van der Waals surface area contributed by atoms with Gasteiger partial charge in [0.25, 0.3) is 5.56 Å². The maximum absolute atomic E-state index is 12.0. The normalized spacial score (nSPS) is 11.1. The number of thiazole rings is 1. The molecule has 0 fully saturated rings. The van der Waals surface area contributed by atoms with Crippen molar-refractivity contribution in [1.29, 1.82) is 0 Å². The van der Waals surface area contributed by atoms with Crippen LogP contribution in [0.4, 0.5) is 5.69 Å². The first-order valence-corrected chi connectivity index (χ1v) is 7.81. The number of nitrogens with two attached hydrogens (primary N) is 1. The van der Waals surface area contributed by atoms with Crippen LogP contribution in [0, 0.1) is 6.92 Å². The summed E-state index contributed by atoms with van der Waals surface area (Å²) in [5, 5.41) is 2.80. The van der Waals surface area contributed by atoms with E-state index in [4.69, 9.17) is 5.73 Å². The van der Waals surface area contributed by atoms with Crippen LogP contribution in [-0.2, 0) is 5.75 Å². The second kappa shape index (κ2) is 5.26. The Morgan fingerprint density at radius 2 is 2.30 bits per heavy atom. The van der Waals surface area contributed by atoms with Crippen LogP contribution in [0.1, 0.15) is 11.4 Å². The van der Waals surface area contributed by atoms with Crippen molar-refractivity contribution in [3.63, 3.8) is 0 Å². The molecule has 0 amide bonds. The minimum Gasteiger partial charge on any atom is -0.397 e. The van der Waals surface area contributed by atoms with Gasteiger partial charge in [0.05, 0.1) is 22.6 Å². The molecule has 102 valence electrons. The number of anilines is 1. The maximum Gasteiger partial charge on any atom is 0.258 e. The number of aryl methyl sites for hydroxylation is 1. The van der Waals surface area contributed by atoms with Crippen LogP contribution in [0.25, 0.3) is 4.96 Å². The minimum absolute atomic E-state index is 0.0328. The molecule has 0 saturated heterocycles. The van der Waals surface area contributed by atoms with Crippen molar-refractivity contribution in [3.8, 4) is 0 Å². The Kier molecular flexibility index (Phi) is 3.45.